The number of ether oxygens (including phenoxy) is 1. The number of pyridine rings is 1. The fourth-order valence-electron chi connectivity index (χ4n) is 7.13. The Bertz CT molecular complexity index is 2190. The number of fused-ring (bicyclic) bond motifs is 2. The number of piperazine rings is 1. The Kier molecular flexibility index (Phi) is 9.37. The monoisotopic (exact) mass is 738 g/mol. The number of hydrogen-bond acceptors (Lipinski definition) is 10. The van der Waals surface area contributed by atoms with Crippen LogP contribution < -0.4 is 15.6 Å². The Hall–Kier alpha value is -5.09. The summed E-state index contributed by atoms with van der Waals surface area (Å²) in [4.78, 5) is 62.9. The minimum Gasteiger partial charge on any atom is -0.504 e. The lowest BCUT2D eigenvalue weighted by molar-refractivity contribution is -0.137. The molecule has 5 heterocycles. The van der Waals surface area contributed by atoms with Gasteiger partial charge in [-0.05, 0) is 56.4 Å². The topological polar surface area (TPSA) is 156 Å². The van der Waals surface area contributed by atoms with E-state index >= 15 is 0 Å². The highest BCUT2D eigenvalue weighted by Crippen LogP contribution is 2.39. The van der Waals surface area contributed by atoms with Gasteiger partial charge < -0.3 is 29.5 Å². The van der Waals surface area contributed by atoms with Crippen molar-refractivity contribution in [1.82, 2.24) is 29.4 Å². The minimum atomic E-state index is -4.61. The number of carbonyl (C=O) groups excluding carboxylic acids is 2. The third kappa shape index (κ3) is 6.34. The lowest BCUT2D eigenvalue weighted by Crippen LogP contribution is -2.67. The Morgan fingerprint density at radius 2 is 1.92 bits per heavy atom. The summed E-state index contributed by atoms with van der Waals surface area (Å²) >= 11 is 6.15. The quantitative estimate of drug-likeness (QED) is 0.271. The van der Waals surface area contributed by atoms with E-state index in [9.17, 15) is 32.7 Å². The Labute approximate surface area is 300 Å². The van der Waals surface area contributed by atoms with E-state index < -0.39 is 23.6 Å². The van der Waals surface area contributed by atoms with E-state index in [2.05, 4.69) is 20.3 Å². The van der Waals surface area contributed by atoms with Crippen LogP contribution in [0.15, 0.2) is 41.6 Å². The lowest BCUT2D eigenvalue weighted by Gasteiger charge is -2.54. The maximum Gasteiger partial charge on any atom is 0.416 e. The predicted molar refractivity (Wildman–Crippen MR) is 185 cm³/mol. The minimum absolute atomic E-state index is 0.00821. The molecule has 1 aromatic carbocycles. The SMILES string of the molecule is CCc1c(N2CCN(C(=O)c3ncnc(C)c3O)[C@H]3CC[C@@H]32)c(=O)c2nc(C3=CCOCC3)cnc2n1CC(=O)Nc1ccc(C(F)(F)F)cc1Cl. The van der Waals surface area contributed by atoms with Gasteiger partial charge in [0.1, 0.15) is 18.6 Å². The van der Waals surface area contributed by atoms with Crippen molar-refractivity contribution >= 4 is 51.5 Å². The Morgan fingerprint density at radius 3 is 2.60 bits per heavy atom. The first kappa shape index (κ1) is 35.3. The standard InChI is InChI=1S/C35H34ClF3N8O5/c1-3-24-30(45-10-11-46(26-7-6-25(26)45)34(51)29-31(49)18(2)41-17-42-29)32(50)28-33(40-15-23(44-28)19-8-12-52-13-9-19)47(24)16-27(48)43-22-5-4-20(14-21(22)36)35(37,38)39/h4-5,8,14-15,17,25-26,49H,3,6-7,9-13,16H2,1-2H3,(H,43,48)/t25-,26-/m0/s1. The number of benzene rings is 1. The van der Waals surface area contributed by atoms with Gasteiger partial charge in [0, 0.05) is 24.8 Å². The van der Waals surface area contributed by atoms with Gasteiger partial charge in [-0.2, -0.15) is 13.2 Å². The van der Waals surface area contributed by atoms with Gasteiger partial charge in [-0.15, -0.1) is 0 Å². The fraction of sp³-hybridized carbons (Fsp3) is 0.400. The van der Waals surface area contributed by atoms with Crippen LogP contribution in [0.3, 0.4) is 0 Å². The summed E-state index contributed by atoms with van der Waals surface area (Å²) in [6.07, 6.45) is 2.28. The fourth-order valence-corrected chi connectivity index (χ4v) is 7.35. The van der Waals surface area contributed by atoms with E-state index in [-0.39, 0.29) is 76.2 Å². The second-order valence-corrected chi connectivity index (χ2v) is 13.3. The first-order chi connectivity index (χ1) is 24.9. The number of nitrogens with one attached hydrogen (secondary N) is 1. The molecular formula is C35H34ClF3N8O5. The van der Waals surface area contributed by atoms with Crippen LogP contribution in [0.5, 0.6) is 5.75 Å². The number of aryl methyl sites for hydroxylation is 1. The number of hydrogen-bond donors (Lipinski definition) is 2. The zero-order valence-corrected chi connectivity index (χ0v) is 29.0. The molecule has 1 aliphatic carbocycles. The maximum absolute atomic E-state index is 14.6. The van der Waals surface area contributed by atoms with Crippen molar-refractivity contribution in [2.45, 2.75) is 64.3 Å². The highest BCUT2D eigenvalue weighted by molar-refractivity contribution is 6.33. The summed E-state index contributed by atoms with van der Waals surface area (Å²) in [6, 6.07) is 2.13. The van der Waals surface area contributed by atoms with Crippen LogP contribution in [-0.2, 0) is 28.7 Å². The van der Waals surface area contributed by atoms with E-state index in [0.29, 0.717) is 56.0 Å². The Morgan fingerprint density at radius 1 is 1.13 bits per heavy atom. The van der Waals surface area contributed by atoms with Crippen molar-refractivity contribution in [3.05, 3.63) is 80.4 Å². The molecule has 0 bridgehead atoms. The van der Waals surface area contributed by atoms with E-state index in [0.717, 1.165) is 23.8 Å². The van der Waals surface area contributed by atoms with Gasteiger partial charge in [0.25, 0.3) is 5.91 Å². The molecule has 4 aromatic rings. The lowest BCUT2D eigenvalue weighted by atomic mass is 9.81. The third-order valence-electron chi connectivity index (χ3n) is 9.88. The zero-order chi connectivity index (χ0) is 36.9. The van der Waals surface area contributed by atoms with E-state index in [1.54, 1.807) is 22.6 Å². The molecule has 272 valence electrons. The van der Waals surface area contributed by atoms with Crippen LogP contribution in [0.25, 0.3) is 16.7 Å². The first-order valence-corrected chi connectivity index (χ1v) is 17.2. The molecule has 0 radical (unpaired) electrons. The average molecular weight is 739 g/mol. The van der Waals surface area contributed by atoms with Gasteiger partial charge in [0.2, 0.25) is 11.3 Å². The molecule has 2 N–H and O–H groups in total. The summed E-state index contributed by atoms with van der Waals surface area (Å²) in [7, 11) is 0. The summed E-state index contributed by atoms with van der Waals surface area (Å²) in [5, 5.41) is 12.9. The summed E-state index contributed by atoms with van der Waals surface area (Å²) in [5.41, 5.74) is 1.31. The van der Waals surface area contributed by atoms with E-state index in [1.807, 2.05) is 17.9 Å². The molecule has 13 nitrogen and oxygen atoms in total. The molecule has 0 unspecified atom stereocenters. The maximum atomic E-state index is 14.6. The molecule has 3 aromatic heterocycles. The molecule has 1 saturated heterocycles. The van der Waals surface area contributed by atoms with Gasteiger partial charge >= 0.3 is 6.18 Å². The second kappa shape index (κ2) is 13.8. The van der Waals surface area contributed by atoms with Crippen LogP contribution in [0.1, 0.15) is 59.3 Å². The molecule has 17 heteroatoms. The summed E-state index contributed by atoms with van der Waals surface area (Å²) in [5.74, 6) is -1.31. The molecule has 2 amide bonds. The number of amides is 2. The van der Waals surface area contributed by atoms with Gasteiger partial charge in [0.15, 0.2) is 22.6 Å². The molecule has 7 rings (SSSR count). The molecule has 2 atom stereocenters. The summed E-state index contributed by atoms with van der Waals surface area (Å²) < 4.78 is 46.8. The number of halogens is 4. The smallest absolute Gasteiger partial charge is 0.416 e. The van der Waals surface area contributed by atoms with Crippen molar-refractivity contribution in [3.8, 4) is 5.75 Å². The van der Waals surface area contributed by atoms with Gasteiger partial charge in [0.05, 0.1) is 53.1 Å². The van der Waals surface area contributed by atoms with Crippen LogP contribution in [0, 0.1) is 6.92 Å². The third-order valence-corrected chi connectivity index (χ3v) is 10.2. The predicted octanol–water partition coefficient (Wildman–Crippen LogP) is 4.77. The molecule has 0 spiro atoms. The van der Waals surface area contributed by atoms with Gasteiger partial charge in [-0.3, -0.25) is 14.4 Å². The zero-order valence-electron chi connectivity index (χ0n) is 28.2. The van der Waals surface area contributed by atoms with E-state index in [4.69, 9.17) is 21.3 Å². The van der Waals surface area contributed by atoms with Crippen LogP contribution in [0.4, 0.5) is 24.5 Å². The van der Waals surface area contributed by atoms with Crippen LogP contribution in [-0.4, -0.2) is 84.7 Å². The summed E-state index contributed by atoms with van der Waals surface area (Å²) in [6.45, 7) is 4.46. The van der Waals surface area contributed by atoms with Crippen LogP contribution >= 0.6 is 11.6 Å². The molecule has 1 saturated carbocycles. The van der Waals surface area contributed by atoms with E-state index in [1.165, 1.54) is 6.33 Å². The average Bonchev–Trinajstić information content (AvgIpc) is 3.11. The van der Waals surface area contributed by atoms with Crippen molar-refractivity contribution in [1.29, 1.82) is 0 Å². The number of carbonyl (C=O) groups is 2. The normalized spacial score (nSPS) is 18.8. The molecule has 2 fully saturated rings. The van der Waals surface area contributed by atoms with Crippen molar-refractivity contribution in [2.24, 2.45) is 0 Å². The van der Waals surface area contributed by atoms with Gasteiger partial charge in [-0.25, -0.2) is 19.9 Å². The highest BCUT2D eigenvalue weighted by Gasteiger charge is 2.47. The number of anilines is 2. The Balaban J connectivity index is 1.28. The number of rotatable bonds is 7. The number of aromatic nitrogens is 5. The number of nitrogens with zero attached hydrogens (tertiary/aromatic N) is 7. The second-order valence-electron chi connectivity index (χ2n) is 12.8. The molecular weight excluding hydrogens is 705 g/mol. The van der Waals surface area contributed by atoms with Crippen molar-refractivity contribution in [2.75, 3.05) is 36.5 Å². The largest absolute Gasteiger partial charge is 0.504 e. The molecule has 3 aliphatic rings. The number of alkyl halides is 3. The molecule has 2 aliphatic heterocycles. The first-order valence-electron chi connectivity index (χ1n) is 16.8. The van der Waals surface area contributed by atoms with Crippen LogP contribution in [0.2, 0.25) is 5.02 Å². The number of aromatic hydroxyl groups is 1. The highest BCUT2D eigenvalue weighted by atomic mass is 35.5. The van der Waals surface area contributed by atoms with Gasteiger partial charge in [-0.1, -0.05) is 24.6 Å². The van der Waals surface area contributed by atoms with Crippen molar-refractivity contribution < 1.29 is 32.6 Å². The molecule has 52 heavy (non-hydrogen) atoms. The van der Waals surface area contributed by atoms with Crippen molar-refractivity contribution in [3.63, 3.8) is 0 Å².